The summed E-state index contributed by atoms with van der Waals surface area (Å²) in [7, 11) is 0. The fourth-order valence-corrected chi connectivity index (χ4v) is 0.870. The molecular weight excluding hydrogens is 204 g/mol. The summed E-state index contributed by atoms with van der Waals surface area (Å²) in [5.41, 5.74) is 0.394. The number of hydrogen-bond donors (Lipinski definition) is 2. The summed E-state index contributed by atoms with van der Waals surface area (Å²) in [6, 6.07) is -0.522. The molecule has 0 saturated heterocycles. The molecule has 4 nitrogen and oxygen atoms in total. The molecule has 0 aliphatic heterocycles. The Kier molecular flexibility index (Phi) is 5.21. The number of nitrogens with one attached hydrogen (secondary N) is 2. The van der Waals surface area contributed by atoms with Crippen molar-refractivity contribution >= 4 is 11.8 Å². The van der Waals surface area contributed by atoms with Crippen molar-refractivity contribution in [3.05, 3.63) is 12.2 Å². The van der Waals surface area contributed by atoms with E-state index in [9.17, 15) is 9.59 Å². The van der Waals surface area contributed by atoms with Crippen molar-refractivity contribution in [3.63, 3.8) is 0 Å². The molecule has 0 aromatic carbocycles. The summed E-state index contributed by atoms with van der Waals surface area (Å²) >= 11 is 0. The lowest BCUT2D eigenvalue weighted by atomic mass is 9.95. The van der Waals surface area contributed by atoms with E-state index < -0.39 is 11.5 Å². The van der Waals surface area contributed by atoms with Crippen LogP contribution < -0.4 is 10.6 Å². The molecule has 0 aromatic heterocycles. The summed E-state index contributed by atoms with van der Waals surface area (Å²) in [6.07, 6.45) is 0. The largest absolute Gasteiger partial charge is 0.351 e. The van der Waals surface area contributed by atoms with E-state index >= 15 is 0 Å². The van der Waals surface area contributed by atoms with Gasteiger partial charge in [0.25, 0.3) is 0 Å². The van der Waals surface area contributed by atoms with Gasteiger partial charge in [0.05, 0.1) is 0 Å². The van der Waals surface area contributed by atoms with Gasteiger partial charge in [-0.2, -0.15) is 0 Å². The van der Waals surface area contributed by atoms with Crippen molar-refractivity contribution in [1.82, 2.24) is 10.6 Å². The monoisotopic (exact) mass is 226 g/mol. The Morgan fingerprint density at radius 1 is 1.31 bits per heavy atom. The van der Waals surface area contributed by atoms with Crippen LogP contribution in [0.5, 0.6) is 0 Å². The molecule has 0 radical (unpaired) electrons. The minimum atomic E-state index is -0.522. The van der Waals surface area contributed by atoms with Gasteiger partial charge >= 0.3 is 0 Å². The highest BCUT2D eigenvalue weighted by Crippen LogP contribution is 2.12. The van der Waals surface area contributed by atoms with Gasteiger partial charge < -0.3 is 10.6 Å². The molecular formula is C12H22N2O2. The molecule has 2 amide bonds. The molecule has 0 heterocycles. The van der Waals surface area contributed by atoms with Gasteiger partial charge in [0.1, 0.15) is 6.04 Å². The van der Waals surface area contributed by atoms with Crippen LogP contribution in [0.25, 0.3) is 0 Å². The first-order chi connectivity index (χ1) is 7.14. The minimum absolute atomic E-state index is 0.134. The Labute approximate surface area is 97.5 Å². The molecule has 0 fully saturated rings. The number of rotatable bonds is 4. The maximum Gasteiger partial charge on any atom is 0.242 e. The Balaban J connectivity index is 4.16. The Morgan fingerprint density at radius 3 is 2.19 bits per heavy atom. The predicted octanol–water partition coefficient (Wildman–Crippen LogP) is 1.23. The highest BCUT2D eigenvalue weighted by molar-refractivity contribution is 5.89. The van der Waals surface area contributed by atoms with Crippen LogP contribution in [0, 0.1) is 5.41 Å². The van der Waals surface area contributed by atoms with Gasteiger partial charge in [-0.1, -0.05) is 32.9 Å². The molecule has 1 unspecified atom stereocenters. The lowest BCUT2D eigenvalue weighted by molar-refractivity contribution is -0.133. The zero-order chi connectivity index (χ0) is 12.9. The SMILES string of the molecule is C=C(C)CNC(=O)C(C)NC(=O)C(C)(C)C. The lowest BCUT2D eigenvalue weighted by Crippen LogP contribution is -2.48. The predicted molar refractivity (Wildman–Crippen MR) is 64.9 cm³/mol. The summed E-state index contributed by atoms with van der Waals surface area (Å²) in [5.74, 6) is -0.328. The van der Waals surface area contributed by atoms with Crippen LogP contribution in [-0.4, -0.2) is 24.4 Å². The van der Waals surface area contributed by atoms with Gasteiger partial charge in [-0.15, -0.1) is 0 Å². The fraction of sp³-hybridized carbons (Fsp3) is 0.667. The Bertz CT molecular complexity index is 290. The van der Waals surface area contributed by atoms with Crippen LogP contribution in [0.2, 0.25) is 0 Å². The molecule has 1 atom stereocenters. The van der Waals surface area contributed by atoms with Gasteiger partial charge in [0, 0.05) is 12.0 Å². The van der Waals surface area contributed by atoms with Crippen molar-refractivity contribution in [2.45, 2.75) is 40.7 Å². The van der Waals surface area contributed by atoms with Crippen molar-refractivity contribution in [2.75, 3.05) is 6.54 Å². The molecule has 16 heavy (non-hydrogen) atoms. The first-order valence-electron chi connectivity index (χ1n) is 5.37. The van der Waals surface area contributed by atoms with E-state index in [1.807, 2.05) is 6.92 Å². The van der Waals surface area contributed by atoms with Crippen molar-refractivity contribution in [3.8, 4) is 0 Å². The van der Waals surface area contributed by atoms with E-state index in [-0.39, 0.29) is 11.8 Å². The second-order valence-electron chi connectivity index (χ2n) is 5.12. The van der Waals surface area contributed by atoms with Gasteiger partial charge in [0.2, 0.25) is 11.8 Å². The smallest absolute Gasteiger partial charge is 0.242 e. The molecule has 0 saturated carbocycles. The quantitative estimate of drug-likeness (QED) is 0.708. The number of carbonyl (C=O) groups excluding carboxylic acids is 2. The second-order valence-corrected chi connectivity index (χ2v) is 5.12. The maximum atomic E-state index is 11.6. The zero-order valence-electron chi connectivity index (χ0n) is 10.8. The highest BCUT2D eigenvalue weighted by atomic mass is 16.2. The minimum Gasteiger partial charge on any atom is -0.351 e. The molecule has 0 rings (SSSR count). The normalized spacial score (nSPS) is 12.8. The third kappa shape index (κ3) is 5.53. The maximum absolute atomic E-state index is 11.6. The third-order valence-electron chi connectivity index (χ3n) is 1.99. The second kappa shape index (κ2) is 5.68. The standard InChI is InChI=1S/C12H22N2O2/c1-8(2)7-13-10(15)9(3)14-11(16)12(4,5)6/h9H,1,7H2,2-6H3,(H,13,15)(H,14,16). The van der Waals surface area contributed by atoms with Gasteiger partial charge in [-0.05, 0) is 13.8 Å². The van der Waals surface area contributed by atoms with E-state index in [2.05, 4.69) is 17.2 Å². The molecule has 4 heteroatoms. The van der Waals surface area contributed by atoms with Gasteiger partial charge in [-0.25, -0.2) is 0 Å². The molecule has 0 aliphatic carbocycles. The topological polar surface area (TPSA) is 58.2 Å². The molecule has 0 spiro atoms. The average molecular weight is 226 g/mol. The average Bonchev–Trinajstić information content (AvgIpc) is 2.12. The summed E-state index contributed by atoms with van der Waals surface area (Å²) in [6.45, 7) is 13.0. The molecule has 0 aromatic rings. The number of hydrogen-bond acceptors (Lipinski definition) is 2. The lowest BCUT2D eigenvalue weighted by Gasteiger charge is -2.21. The summed E-state index contributed by atoms with van der Waals surface area (Å²) in [5, 5.41) is 5.35. The van der Waals surface area contributed by atoms with Crippen molar-refractivity contribution in [2.24, 2.45) is 5.41 Å². The van der Waals surface area contributed by atoms with E-state index in [1.165, 1.54) is 0 Å². The molecule has 2 N–H and O–H groups in total. The molecule has 0 bridgehead atoms. The Morgan fingerprint density at radius 2 is 1.81 bits per heavy atom. The zero-order valence-corrected chi connectivity index (χ0v) is 10.8. The van der Waals surface area contributed by atoms with E-state index in [1.54, 1.807) is 27.7 Å². The number of amides is 2. The van der Waals surface area contributed by atoms with Crippen LogP contribution in [0.15, 0.2) is 12.2 Å². The van der Waals surface area contributed by atoms with E-state index in [0.29, 0.717) is 6.54 Å². The fourth-order valence-electron chi connectivity index (χ4n) is 0.870. The first-order valence-corrected chi connectivity index (χ1v) is 5.37. The molecule has 0 aliphatic rings. The van der Waals surface area contributed by atoms with Crippen LogP contribution in [0.1, 0.15) is 34.6 Å². The first kappa shape index (κ1) is 14.7. The van der Waals surface area contributed by atoms with Crippen LogP contribution >= 0.6 is 0 Å². The summed E-state index contributed by atoms with van der Waals surface area (Å²) in [4.78, 5) is 23.2. The van der Waals surface area contributed by atoms with Crippen LogP contribution in [0.3, 0.4) is 0 Å². The van der Waals surface area contributed by atoms with E-state index in [4.69, 9.17) is 0 Å². The Hall–Kier alpha value is -1.32. The van der Waals surface area contributed by atoms with Gasteiger partial charge in [0.15, 0.2) is 0 Å². The van der Waals surface area contributed by atoms with E-state index in [0.717, 1.165) is 5.57 Å². The number of carbonyl (C=O) groups is 2. The van der Waals surface area contributed by atoms with Crippen LogP contribution in [0.4, 0.5) is 0 Å². The van der Waals surface area contributed by atoms with Gasteiger partial charge in [-0.3, -0.25) is 9.59 Å². The van der Waals surface area contributed by atoms with Crippen molar-refractivity contribution < 1.29 is 9.59 Å². The highest BCUT2D eigenvalue weighted by Gasteiger charge is 2.24. The van der Waals surface area contributed by atoms with Crippen LogP contribution in [-0.2, 0) is 9.59 Å². The third-order valence-corrected chi connectivity index (χ3v) is 1.99. The summed E-state index contributed by atoms with van der Waals surface area (Å²) < 4.78 is 0. The molecule has 92 valence electrons. The van der Waals surface area contributed by atoms with Crippen molar-refractivity contribution in [1.29, 1.82) is 0 Å².